The van der Waals surface area contributed by atoms with Crippen LogP contribution in [0.5, 0.6) is 5.75 Å². The summed E-state index contributed by atoms with van der Waals surface area (Å²) in [5.74, 6) is 1.48. The van der Waals surface area contributed by atoms with Gasteiger partial charge in [-0.3, -0.25) is 9.69 Å². The zero-order chi connectivity index (χ0) is 28.6. The molecule has 0 bridgehead atoms. The number of aliphatic hydroxyl groups is 1. The molecule has 1 aliphatic heterocycles. The van der Waals surface area contributed by atoms with Crippen molar-refractivity contribution in [2.75, 3.05) is 33.3 Å². The van der Waals surface area contributed by atoms with Crippen LogP contribution >= 0.6 is 0 Å². The molecule has 3 unspecified atom stereocenters. The summed E-state index contributed by atoms with van der Waals surface area (Å²) in [5.41, 5.74) is 1.22. The van der Waals surface area contributed by atoms with Crippen molar-refractivity contribution in [2.45, 2.75) is 88.7 Å². The highest BCUT2D eigenvalue weighted by molar-refractivity contribution is 5.76. The van der Waals surface area contributed by atoms with Gasteiger partial charge in [-0.2, -0.15) is 0 Å². The Morgan fingerprint density at radius 3 is 2.67 bits per heavy atom. The van der Waals surface area contributed by atoms with Gasteiger partial charge in [0.05, 0.1) is 12.7 Å². The number of piperidine rings is 1. The number of hydrogen-bond donors (Lipinski definition) is 1. The lowest BCUT2D eigenvalue weighted by molar-refractivity contribution is -0.149. The lowest BCUT2D eigenvalue weighted by Crippen LogP contribution is -2.67. The smallest absolute Gasteiger partial charge is 0.222 e. The van der Waals surface area contributed by atoms with Crippen LogP contribution in [0.4, 0.5) is 0 Å². The zero-order valence-electron chi connectivity index (χ0n) is 25.0. The molecule has 4 rings (SSSR count). The highest BCUT2D eigenvalue weighted by atomic mass is 16.5. The number of ether oxygens (including phenoxy) is 1. The van der Waals surface area contributed by atoms with Crippen molar-refractivity contribution in [1.82, 2.24) is 9.80 Å². The molecular formula is C35H50N2O3. The summed E-state index contributed by atoms with van der Waals surface area (Å²) in [6, 6.07) is 19.0. The molecule has 0 spiro atoms. The van der Waals surface area contributed by atoms with Gasteiger partial charge in [-0.25, -0.2) is 0 Å². The molecule has 5 heteroatoms. The van der Waals surface area contributed by atoms with Crippen LogP contribution in [0.2, 0.25) is 0 Å². The molecule has 1 saturated carbocycles. The molecule has 1 amide bonds. The summed E-state index contributed by atoms with van der Waals surface area (Å²) in [4.78, 5) is 18.3. The molecule has 40 heavy (non-hydrogen) atoms. The fourth-order valence-electron chi connectivity index (χ4n) is 7.18. The molecule has 0 aromatic heterocycles. The average molecular weight is 547 g/mol. The molecule has 218 valence electrons. The molecule has 1 aliphatic carbocycles. The quantitative estimate of drug-likeness (QED) is 0.233. The number of likely N-dealkylation sites (tertiary alicyclic amines) is 1. The van der Waals surface area contributed by atoms with Crippen LogP contribution in [0.1, 0.15) is 76.3 Å². The van der Waals surface area contributed by atoms with Gasteiger partial charge in [-0.05, 0) is 80.7 Å². The molecule has 2 aliphatic rings. The van der Waals surface area contributed by atoms with Crippen molar-refractivity contribution >= 4 is 5.91 Å². The van der Waals surface area contributed by atoms with Crippen LogP contribution in [-0.4, -0.2) is 65.7 Å². The van der Waals surface area contributed by atoms with E-state index in [0.29, 0.717) is 25.3 Å². The van der Waals surface area contributed by atoms with Gasteiger partial charge in [0.1, 0.15) is 5.75 Å². The highest BCUT2D eigenvalue weighted by Gasteiger charge is 2.58. The highest BCUT2D eigenvalue weighted by Crippen LogP contribution is 2.53. The Kier molecular flexibility index (Phi) is 10.5. The van der Waals surface area contributed by atoms with Gasteiger partial charge in [0.25, 0.3) is 0 Å². The number of aryl methyl sites for hydroxylation is 1. The molecule has 5 nitrogen and oxygen atoms in total. The van der Waals surface area contributed by atoms with Crippen LogP contribution in [0, 0.1) is 5.92 Å². The molecule has 2 fully saturated rings. The van der Waals surface area contributed by atoms with Gasteiger partial charge in [0.15, 0.2) is 0 Å². The molecule has 3 atom stereocenters. The number of β-amino-alcohol motifs (C(OH)–C–C–N with tert-alkyl or cyclic N) is 1. The third kappa shape index (κ3) is 6.98. The van der Waals surface area contributed by atoms with Crippen LogP contribution in [-0.2, 0) is 16.6 Å². The van der Waals surface area contributed by atoms with Gasteiger partial charge in [-0.1, -0.05) is 68.8 Å². The van der Waals surface area contributed by atoms with Crippen molar-refractivity contribution in [3.63, 3.8) is 0 Å². The van der Waals surface area contributed by atoms with Gasteiger partial charge < -0.3 is 14.7 Å². The van der Waals surface area contributed by atoms with Crippen molar-refractivity contribution in [2.24, 2.45) is 5.92 Å². The fourth-order valence-corrected chi connectivity index (χ4v) is 7.18. The molecule has 2 aromatic rings. The van der Waals surface area contributed by atoms with E-state index in [2.05, 4.69) is 72.7 Å². The number of methoxy groups -OCH3 is 1. The Bertz CT molecular complexity index is 1100. The number of carbonyl (C=O) groups is 1. The van der Waals surface area contributed by atoms with E-state index in [1.807, 2.05) is 18.2 Å². The van der Waals surface area contributed by atoms with Crippen molar-refractivity contribution < 1.29 is 14.6 Å². The van der Waals surface area contributed by atoms with E-state index < -0.39 is 11.0 Å². The van der Waals surface area contributed by atoms with E-state index in [9.17, 15) is 9.90 Å². The second kappa shape index (κ2) is 13.8. The van der Waals surface area contributed by atoms with Gasteiger partial charge in [0.2, 0.25) is 5.91 Å². The van der Waals surface area contributed by atoms with Crippen molar-refractivity contribution in [3.05, 3.63) is 78.4 Å². The Balaban J connectivity index is 1.50. The lowest BCUT2D eigenvalue weighted by atomic mass is 9.55. The molecule has 1 N–H and O–H groups in total. The Labute approximate surface area is 242 Å². The number of amides is 1. The van der Waals surface area contributed by atoms with E-state index >= 15 is 0 Å². The molecule has 1 heterocycles. The van der Waals surface area contributed by atoms with E-state index in [-0.39, 0.29) is 11.9 Å². The summed E-state index contributed by atoms with van der Waals surface area (Å²) in [6.45, 7) is 11.4. The van der Waals surface area contributed by atoms with E-state index in [0.717, 1.165) is 75.9 Å². The van der Waals surface area contributed by atoms with E-state index in [4.69, 9.17) is 4.74 Å². The minimum absolute atomic E-state index is 0.122. The SMILES string of the molecule is C=CCN1CCC2(c3cccc(OC)c3)CC(N(CC(C)C)C(=O)CCCCCc3ccccc3)CCC2(O)C1. The maximum absolute atomic E-state index is 13.8. The number of hydrogen-bond acceptors (Lipinski definition) is 4. The van der Waals surface area contributed by atoms with Crippen molar-refractivity contribution in [1.29, 1.82) is 0 Å². The molecular weight excluding hydrogens is 496 g/mol. The third-order valence-corrected chi connectivity index (χ3v) is 9.24. The predicted molar refractivity (Wildman–Crippen MR) is 164 cm³/mol. The largest absolute Gasteiger partial charge is 0.497 e. The second-order valence-electron chi connectivity index (χ2n) is 12.5. The summed E-state index contributed by atoms with van der Waals surface area (Å²) < 4.78 is 5.60. The summed E-state index contributed by atoms with van der Waals surface area (Å²) >= 11 is 0. The van der Waals surface area contributed by atoms with Crippen LogP contribution in [0.3, 0.4) is 0 Å². The zero-order valence-corrected chi connectivity index (χ0v) is 25.0. The molecule has 2 aromatic carbocycles. The van der Waals surface area contributed by atoms with E-state index in [1.165, 1.54) is 5.56 Å². The van der Waals surface area contributed by atoms with Crippen molar-refractivity contribution in [3.8, 4) is 5.75 Å². The van der Waals surface area contributed by atoms with Gasteiger partial charge in [0, 0.05) is 37.5 Å². The standard InChI is InChI=1S/C35H50N2O3/c1-5-22-36-23-21-34(30-16-12-17-32(24-30)40-4)25-31(19-20-35(34,39)27-36)37(26-28(2)3)33(38)18-11-7-10-15-29-13-8-6-9-14-29/h5-6,8-9,12-14,16-17,24,28,31,39H,1,7,10-11,15,18-23,25-27H2,2-4H3. The lowest BCUT2D eigenvalue weighted by Gasteiger charge is -2.59. The number of unbranched alkanes of at least 4 members (excludes halogenated alkanes) is 2. The predicted octanol–water partition coefficient (Wildman–Crippen LogP) is 6.40. The maximum atomic E-state index is 13.8. The monoisotopic (exact) mass is 546 g/mol. The first kappa shape index (κ1) is 30.3. The second-order valence-corrected chi connectivity index (χ2v) is 12.5. The van der Waals surface area contributed by atoms with Crippen LogP contribution < -0.4 is 4.74 Å². The maximum Gasteiger partial charge on any atom is 0.222 e. The van der Waals surface area contributed by atoms with Crippen LogP contribution in [0.25, 0.3) is 0 Å². The first-order valence-corrected chi connectivity index (χ1v) is 15.3. The number of nitrogens with zero attached hydrogens (tertiary/aromatic N) is 2. The summed E-state index contributed by atoms with van der Waals surface area (Å²) in [5, 5.41) is 12.3. The number of fused-ring (bicyclic) bond motifs is 1. The number of rotatable bonds is 13. The summed E-state index contributed by atoms with van der Waals surface area (Å²) in [6.07, 6.45) is 9.84. The third-order valence-electron chi connectivity index (χ3n) is 9.24. The minimum atomic E-state index is -0.860. The summed E-state index contributed by atoms with van der Waals surface area (Å²) in [7, 11) is 1.70. The Morgan fingerprint density at radius 2 is 1.95 bits per heavy atom. The fraction of sp³-hybridized carbons (Fsp3) is 0.571. The number of carbonyl (C=O) groups excluding carboxylic acids is 1. The van der Waals surface area contributed by atoms with E-state index in [1.54, 1.807) is 7.11 Å². The van der Waals surface area contributed by atoms with Crippen LogP contribution in [0.15, 0.2) is 67.3 Å². The Morgan fingerprint density at radius 1 is 1.15 bits per heavy atom. The number of benzene rings is 2. The average Bonchev–Trinajstić information content (AvgIpc) is 2.96. The minimum Gasteiger partial charge on any atom is -0.497 e. The first-order valence-electron chi connectivity index (χ1n) is 15.3. The Hall–Kier alpha value is -2.63. The normalized spacial score (nSPS) is 24.9. The first-order chi connectivity index (χ1) is 19.3. The topological polar surface area (TPSA) is 53.0 Å². The van der Waals surface area contributed by atoms with Gasteiger partial charge >= 0.3 is 0 Å². The van der Waals surface area contributed by atoms with Gasteiger partial charge in [-0.15, -0.1) is 6.58 Å². The molecule has 0 radical (unpaired) electrons. The molecule has 1 saturated heterocycles.